The molecule has 0 saturated carbocycles. The topological polar surface area (TPSA) is 277 Å². The van der Waals surface area contributed by atoms with Gasteiger partial charge in [-0.1, -0.05) is 12.2 Å². The Morgan fingerprint density at radius 1 is 0.797 bits per heavy atom. The van der Waals surface area contributed by atoms with E-state index in [-0.39, 0.29) is 54.1 Å². The van der Waals surface area contributed by atoms with Gasteiger partial charge in [-0.3, -0.25) is 48.7 Å². The fourth-order valence-corrected chi connectivity index (χ4v) is 6.53. The third-order valence-electron chi connectivity index (χ3n) is 9.42. The largest absolute Gasteiger partial charge is 0.487 e. The minimum absolute atomic E-state index is 0.124. The van der Waals surface area contributed by atoms with Crippen LogP contribution >= 0.6 is 0 Å². The smallest absolute Gasteiger partial charge is 0.278 e. The molecule has 0 radical (unpaired) electrons. The Morgan fingerprint density at radius 2 is 1.44 bits per heavy atom. The molecule has 20 heteroatoms. The average Bonchev–Trinajstić information content (AvgIpc) is 3.96. The molecule has 0 aliphatic heterocycles. The molecule has 6 aromatic heterocycles. The first-order chi connectivity index (χ1) is 28.4. The van der Waals surface area contributed by atoms with Crippen LogP contribution < -0.4 is 32.6 Å². The zero-order valence-corrected chi connectivity index (χ0v) is 32.6. The van der Waals surface area contributed by atoms with Gasteiger partial charge in [-0.15, -0.1) is 0 Å². The maximum atomic E-state index is 13.7. The molecule has 20 nitrogen and oxygen atoms in total. The number of nitrogens with one attached hydrogen (secondary N) is 2. The second kappa shape index (κ2) is 16.3. The van der Waals surface area contributed by atoms with E-state index in [0.29, 0.717) is 58.1 Å². The fraction of sp³-hybridized carbons (Fsp3) is 0.231. The summed E-state index contributed by atoms with van der Waals surface area (Å²) in [4.78, 5) is 69.6. The minimum Gasteiger partial charge on any atom is -0.487 e. The van der Waals surface area contributed by atoms with Crippen molar-refractivity contribution in [3.8, 4) is 5.75 Å². The van der Waals surface area contributed by atoms with Crippen molar-refractivity contribution in [3.63, 3.8) is 0 Å². The van der Waals surface area contributed by atoms with Crippen LogP contribution in [0.4, 0.5) is 17.6 Å². The van der Waals surface area contributed by atoms with Gasteiger partial charge in [0, 0.05) is 50.3 Å². The maximum Gasteiger partial charge on any atom is 0.278 e. The number of rotatable bonds is 15. The summed E-state index contributed by atoms with van der Waals surface area (Å²) >= 11 is 0. The molecule has 6 heterocycles. The Hall–Kier alpha value is -7.90. The van der Waals surface area contributed by atoms with Gasteiger partial charge >= 0.3 is 0 Å². The summed E-state index contributed by atoms with van der Waals surface area (Å²) < 4.78 is 12.8. The molecule has 0 bridgehead atoms. The lowest BCUT2D eigenvalue weighted by atomic mass is 10.1. The minimum atomic E-state index is -0.689. The number of primary amides is 2. The van der Waals surface area contributed by atoms with E-state index in [1.54, 1.807) is 64.3 Å². The van der Waals surface area contributed by atoms with Crippen LogP contribution in [0.2, 0.25) is 0 Å². The lowest BCUT2D eigenvalue weighted by molar-refractivity contribution is 0.0991. The standard InChI is InChI=1S/C39H41N15O5/c1-5-53-28(15-21(3)49-53)36(57)47-38-45-26-16-24(33(41)55)18-29(59-20-23-9-11-43-12-10-23)31(26)51(38)13-7-8-14-52-35-27(17-25(19-44-35)34(42)56)46-39(52)48-37(58)32-30(40)22(4)50-54(32)6-2/h7-12,15-19H,5-6,13-14,20,40H2,1-4H3,(H2,41,55)(H2,42,56)(H,45,47,57)(H,46,48,58)/b8-7+. The number of aromatic nitrogens is 10. The summed E-state index contributed by atoms with van der Waals surface area (Å²) in [6.45, 7) is 8.49. The van der Waals surface area contributed by atoms with Crippen LogP contribution in [0, 0.1) is 13.8 Å². The predicted molar refractivity (Wildman–Crippen MR) is 218 cm³/mol. The first-order valence-corrected chi connectivity index (χ1v) is 18.5. The second-order valence-corrected chi connectivity index (χ2v) is 13.4. The highest BCUT2D eigenvalue weighted by Crippen LogP contribution is 2.32. The summed E-state index contributed by atoms with van der Waals surface area (Å²) in [5, 5.41) is 14.5. The normalized spacial score (nSPS) is 11.5. The summed E-state index contributed by atoms with van der Waals surface area (Å²) in [6, 6.07) is 9.83. The van der Waals surface area contributed by atoms with Crippen LogP contribution in [0.1, 0.15) is 72.5 Å². The van der Waals surface area contributed by atoms with E-state index in [2.05, 4.69) is 35.8 Å². The molecule has 0 atom stereocenters. The van der Waals surface area contributed by atoms with Gasteiger partial charge in [-0.25, -0.2) is 15.0 Å². The first-order valence-electron chi connectivity index (χ1n) is 18.5. The molecule has 4 amide bonds. The van der Waals surface area contributed by atoms with Gasteiger partial charge in [-0.2, -0.15) is 10.2 Å². The zero-order chi connectivity index (χ0) is 42.0. The molecule has 0 spiro atoms. The zero-order valence-electron chi connectivity index (χ0n) is 32.6. The van der Waals surface area contributed by atoms with Crippen molar-refractivity contribution in [2.24, 2.45) is 11.5 Å². The van der Waals surface area contributed by atoms with E-state index >= 15 is 0 Å². The number of benzene rings is 1. The number of fused-ring (bicyclic) bond motifs is 2. The molecule has 59 heavy (non-hydrogen) atoms. The van der Waals surface area contributed by atoms with Crippen molar-refractivity contribution in [2.75, 3.05) is 16.4 Å². The lowest BCUT2D eigenvalue weighted by Gasteiger charge is -2.13. The van der Waals surface area contributed by atoms with Crippen molar-refractivity contribution < 1.29 is 23.9 Å². The Bertz CT molecular complexity index is 2800. The number of nitrogen functional groups attached to an aromatic ring is 1. The number of amides is 4. The van der Waals surface area contributed by atoms with Crippen LogP contribution in [0.15, 0.2) is 67.1 Å². The number of hydrogen-bond acceptors (Lipinski definition) is 12. The SMILES string of the molecule is CCn1nc(C)cc1C(=O)Nc1nc2cc(C(N)=O)cc(OCc3ccncc3)c2n1C/C=C/Cn1c(NC(=O)c2c(N)c(C)nn2CC)nc2cc(C(N)=O)cnc21. The van der Waals surface area contributed by atoms with E-state index < -0.39 is 23.6 Å². The van der Waals surface area contributed by atoms with Crippen molar-refractivity contribution in [1.29, 1.82) is 0 Å². The molecular formula is C39H41N15O5. The molecule has 1 aromatic carbocycles. The fourth-order valence-electron chi connectivity index (χ4n) is 6.53. The Kier molecular flexibility index (Phi) is 10.9. The van der Waals surface area contributed by atoms with Gasteiger partial charge < -0.3 is 26.5 Å². The number of allylic oxidation sites excluding steroid dienone is 2. The Labute approximate surface area is 336 Å². The molecule has 8 N–H and O–H groups in total. The molecule has 7 aromatic rings. The average molecular weight is 800 g/mol. The summed E-state index contributed by atoms with van der Waals surface area (Å²) in [5.74, 6) is -1.79. The highest BCUT2D eigenvalue weighted by atomic mass is 16.5. The number of anilines is 3. The van der Waals surface area contributed by atoms with Crippen LogP contribution in [-0.4, -0.2) is 72.3 Å². The number of pyridine rings is 2. The van der Waals surface area contributed by atoms with Gasteiger partial charge in [0.1, 0.15) is 34.8 Å². The number of hydrogen-bond donors (Lipinski definition) is 5. The van der Waals surface area contributed by atoms with Gasteiger partial charge in [0.2, 0.25) is 23.7 Å². The molecule has 0 saturated heterocycles. The summed E-state index contributed by atoms with van der Waals surface area (Å²) in [5.41, 5.74) is 22.0. The third kappa shape index (κ3) is 7.90. The molecule has 0 unspecified atom stereocenters. The number of ether oxygens (including phenoxy) is 1. The number of imidazole rings is 2. The summed E-state index contributed by atoms with van der Waals surface area (Å²) in [7, 11) is 0. The van der Waals surface area contributed by atoms with E-state index in [1.165, 1.54) is 29.1 Å². The van der Waals surface area contributed by atoms with Crippen LogP contribution in [0.3, 0.4) is 0 Å². The van der Waals surface area contributed by atoms with Crippen molar-refractivity contribution >= 4 is 63.4 Å². The second-order valence-electron chi connectivity index (χ2n) is 13.4. The van der Waals surface area contributed by atoms with E-state index in [0.717, 1.165) is 5.56 Å². The van der Waals surface area contributed by atoms with Crippen LogP contribution in [-0.2, 0) is 32.8 Å². The van der Waals surface area contributed by atoms with Gasteiger partial charge in [0.25, 0.3) is 11.8 Å². The van der Waals surface area contributed by atoms with E-state index in [9.17, 15) is 19.2 Å². The van der Waals surface area contributed by atoms with Crippen molar-refractivity contribution in [1.82, 2.24) is 48.6 Å². The van der Waals surface area contributed by atoms with Gasteiger partial charge in [-0.05, 0) is 69.7 Å². The lowest BCUT2D eigenvalue weighted by Crippen LogP contribution is -2.21. The predicted octanol–water partition coefficient (Wildman–Crippen LogP) is 3.35. The van der Waals surface area contributed by atoms with Gasteiger partial charge in [0.15, 0.2) is 5.65 Å². The van der Waals surface area contributed by atoms with Crippen LogP contribution in [0.5, 0.6) is 5.75 Å². The van der Waals surface area contributed by atoms with Crippen molar-refractivity contribution in [2.45, 2.75) is 60.5 Å². The number of nitrogens with zero attached hydrogens (tertiary/aromatic N) is 10. The molecule has 302 valence electrons. The molecule has 7 rings (SSSR count). The third-order valence-corrected chi connectivity index (χ3v) is 9.42. The van der Waals surface area contributed by atoms with Gasteiger partial charge in [0.05, 0.1) is 28.2 Å². The molecule has 0 aliphatic rings. The van der Waals surface area contributed by atoms with Crippen molar-refractivity contribution in [3.05, 3.63) is 107 Å². The number of carbonyl (C=O) groups is 4. The molecular weight excluding hydrogens is 759 g/mol. The number of aryl methyl sites for hydroxylation is 4. The molecule has 0 aliphatic carbocycles. The molecule has 0 fully saturated rings. The highest BCUT2D eigenvalue weighted by molar-refractivity contribution is 6.07. The number of nitrogens with two attached hydrogens (primary N) is 3. The summed E-state index contributed by atoms with van der Waals surface area (Å²) in [6.07, 6.45) is 8.23. The Morgan fingerprint density at radius 3 is 2.14 bits per heavy atom. The highest BCUT2D eigenvalue weighted by Gasteiger charge is 2.24. The van der Waals surface area contributed by atoms with E-state index in [4.69, 9.17) is 26.9 Å². The van der Waals surface area contributed by atoms with Crippen LogP contribution in [0.25, 0.3) is 22.2 Å². The maximum absolute atomic E-state index is 13.7. The van der Waals surface area contributed by atoms with E-state index in [1.807, 2.05) is 19.9 Å². The monoisotopic (exact) mass is 799 g/mol. The quantitative estimate of drug-likeness (QED) is 0.0934. The number of carbonyl (C=O) groups excluding carboxylic acids is 4. The Balaban J connectivity index is 1.27. The first kappa shape index (κ1) is 39.3.